The van der Waals surface area contributed by atoms with Crippen molar-refractivity contribution in [1.29, 1.82) is 0 Å². The summed E-state index contributed by atoms with van der Waals surface area (Å²) in [4.78, 5) is 10.3. The molecule has 1 aliphatic heterocycles. The average Bonchev–Trinajstić information content (AvgIpc) is 3.40. The lowest BCUT2D eigenvalue weighted by atomic mass is 10.0. The minimum absolute atomic E-state index is 0.395. The SMILES string of the molecule is CCc1cc(Cl)cc2[nH]c(=S)oc12.CCc1cc(Cl)cc2nc(N3CCNC[C@@H]3C(C)C)oc12. The number of aromatic amines is 1. The molecule has 0 saturated carbocycles. The van der Waals surface area contributed by atoms with Gasteiger partial charge in [-0.05, 0) is 66.4 Å². The van der Waals surface area contributed by atoms with Crippen LogP contribution in [0.15, 0.2) is 33.1 Å². The highest BCUT2D eigenvalue weighted by atomic mass is 35.5. The van der Waals surface area contributed by atoms with E-state index in [0.717, 1.165) is 76.8 Å². The van der Waals surface area contributed by atoms with Crippen LogP contribution in [0.25, 0.3) is 22.2 Å². The lowest BCUT2D eigenvalue weighted by Crippen LogP contribution is -2.53. The first-order chi connectivity index (χ1) is 16.3. The molecule has 0 spiro atoms. The second kappa shape index (κ2) is 10.7. The van der Waals surface area contributed by atoms with E-state index in [4.69, 9.17) is 44.3 Å². The van der Waals surface area contributed by atoms with E-state index in [0.29, 0.717) is 21.8 Å². The number of anilines is 1. The first-order valence-corrected chi connectivity index (χ1v) is 12.8. The van der Waals surface area contributed by atoms with Gasteiger partial charge in [0, 0.05) is 35.7 Å². The predicted molar refractivity (Wildman–Crippen MR) is 143 cm³/mol. The number of H-pyrrole nitrogens is 1. The highest BCUT2D eigenvalue weighted by molar-refractivity contribution is 7.71. The predicted octanol–water partition coefficient (Wildman–Crippen LogP) is 7.18. The Hall–Kier alpha value is -2.06. The van der Waals surface area contributed by atoms with Gasteiger partial charge in [-0.25, -0.2) is 0 Å². The van der Waals surface area contributed by atoms with Gasteiger partial charge in [0.25, 0.3) is 10.9 Å². The van der Waals surface area contributed by atoms with Crippen molar-refractivity contribution in [2.75, 3.05) is 24.5 Å². The number of aryl methyl sites for hydroxylation is 2. The van der Waals surface area contributed by atoms with Gasteiger partial charge in [-0.3, -0.25) is 0 Å². The van der Waals surface area contributed by atoms with Crippen LogP contribution < -0.4 is 10.2 Å². The van der Waals surface area contributed by atoms with Gasteiger partial charge >= 0.3 is 0 Å². The summed E-state index contributed by atoms with van der Waals surface area (Å²) in [5.41, 5.74) is 5.61. The Labute approximate surface area is 214 Å². The summed E-state index contributed by atoms with van der Waals surface area (Å²) in [5, 5.41) is 4.88. The zero-order valence-corrected chi connectivity index (χ0v) is 22.2. The number of halogens is 2. The van der Waals surface area contributed by atoms with Gasteiger partial charge in [-0.15, -0.1) is 0 Å². The summed E-state index contributed by atoms with van der Waals surface area (Å²) in [6, 6.07) is 8.70. The Morgan fingerprint density at radius 3 is 2.41 bits per heavy atom. The van der Waals surface area contributed by atoms with E-state index in [9.17, 15) is 0 Å². The third kappa shape index (κ3) is 5.28. The van der Waals surface area contributed by atoms with Crippen molar-refractivity contribution in [1.82, 2.24) is 15.3 Å². The summed E-state index contributed by atoms with van der Waals surface area (Å²) < 4.78 is 11.4. The van der Waals surface area contributed by atoms with E-state index >= 15 is 0 Å². The molecule has 0 bridgehead atoms. The molecule has 1 aliphatic rings. The van der Waals surface area contributed by atoms with Crippen molar-refractivity contribution in [3.05, 3.63) is 50.3 Å². The van der Waals surface area contributed by atoms with E-state index in [1.54, 1.807) is 0 Å². The van der Waals surface area contributed by atoms with Crippen LogP contribution in [0.4, 0.5) is 6.01 Å². The standard InChI is InChI=1S/C16H22ClN3O.C9H8ClNOS/c1-4-11-7-12(17)8-13-15(11)21-16(19-13)20-6-5-18-9-14(20)10(2)3;1-2-5-3-6(10)4-7-8(5)12-9(13)11-7/h7-8,10,14,18H,4-6,9H2,1-3H3;3-4H,2H2,1H3,(H,11,13)/t14-;/m1./s1. The van der Waals surface area contributed by atoms with Crippen LogP contribution in [-0.4, -0.2) is 35.6 Å². The maximum absolute atomic E-state index is 6.17. The van der Waals surface area contributed by atoms with Gasteiger partial charge in [0.1, 0.15) is 5.52 Å². The summed E-state index contributed by atoms with van der Waals surface area (Å²) in [6.45, 7) is 11.5. The van der Waals surface area contributed by atoms with E-state index in [1.807, 2.05) is 24.3 Å². The molecule has 6 nitrogen and oxygen atoms in total. The number of oxazole rings is 2. The first kappa shape index (κ1) is 25.0. The van der Waals surface area contributed by atoms with E-state index in [-0.39, 0.29) is 0 Å². The van der Waals surface area contributed by atoms with Crippen LogP contribution in [0.5, 0.6) is 0 Å². The fourth-order valence-electron chi connectivity index (χ4n) is 4.35. The molecule has 0 amide bonds. The van der Waals surface area contributed by atoms with Crippen molar-refractivity contribution in [3.8, 4) is 0 Å². The number of nitrogens with one attached hydrogen (secondary N) is 2. The molecule has 4 aromatic rings. The maximum Gasteiger partial charge on any atom is 0.298 e. The van der Waals surface area contributed by atoms with Crippen molar-refractivity contribution in [3.63, 3.8) is 0 Å². The monoisotopic (exact) mass is 520 g/mol. The van der Waals surface area contributed by atoms with E-state index < -0.39 is 0 Å². The summed E-state index contributed by atoms with van der Waals surface area (Å²) in [6.07, 6.45) is 1.77. The highest BCUT2D eigenvalue weighted by Crippen LogP contribution is 2.31. The number of piperazine rings is 1. The van der Waals surface area contributed by atoms with Crippen molar-refractivity contribution in [2.24, 2.45) is 5.92 Å². The van der Waals surface area contributed by atoms with Crippen LogP contribution in [-0.2, 0) is 12.8 Å². The molecule has 2 aromatic carbocycles. The van der Waals surface area contributed by atoms with Crippen molar-refractivity contribution >= 4 is 63.6 Å². The molecular weight excluding hydrogens is 491 g/mol. The van der Waals surface area contributed by atoms with Gasteiger partial charge in [0.2, 0.25) is 0 Å². The van der Waals surface area contributed by atoms with Crippen molar-refractivity contribution < 1.29 is 8.83 Å². The van der Waals surface area contributed by atoms with Gasteiger partial charge in [0.15, 0.2) is 11.2 Å². The van der Waals surface area contributed by atoms with Crippen LogP contribution >= 0.6 is 35.4 Å². The molecule has 5 rings (SSSR count). The Kier molecular flexibility index (Phi) is 7.87. The van der Waals surface area contributed by atoms with Crippen LogP contribution in [0.3, 0.4) is 0 Å². The molecule has 2 aromatic heterocycles. The lowest BCUT2D eigenvalue weighted by Gasteiger charge is -2.37. The minimum atomic E-state index is 0.395. The van der Waals surface area contributed by atoms with E-state index in [2.05, 4.69) is 47.9 Å². The molecule has 0 unspecified atom stereocenters. The Morgan fingerprint density at radius 1 is 1.06 bits per heavy atom. The van der Waals surface area contributed by atoms with Gasteiger partial charge < -0.3 is 24.0 Å². The zero-order chi connectivity index (χ0) is 24.4. The quantitative estimate of drug-likeness (QED) is 0.277. The third-order valence-electron chi connectivity index (χ3n) is 6.14. The molecule has 1 fully saturated rings. The fourth-order valence-corrected chi connectivity index (χ4v) is 5.02. The van der Waals surface area contributed by atoms with Crippen LogP contribution in [0, 0.1) is 10.8 Å². The molecule has 0 aliphatic carbocycles. The number of benzene rings is 2. The van der Waals surface area contributed by atoms with Gasteiger partial charge in [-0.1, -0.05) is 50.9 Å². The van der Waals surface area contributed by atoms with E-state index in [1.165, 1.54) is 0 Å². The molecule has 182 valence electrons. The zero-order valence-electron chi connectivity index (χ0n) is 19.9. The largest absolute Gasteiger partial charge is 0.429 e. The number of aromatic nitrogens is 2. The second-order valence-corrected chi connectivity index (χ2v) is 10.0. The number of rotatable bonds is 4. The summed E-state index contributed by atoms with van der Waals surface area (Å²) in [7, 11) is 0. The number of nitrogens with zero attached hydrogens (tertiary/aromatic N) is 2. The molecule has 1 atom stereocenters. The average molecular weight is 522 g/mol. The second-order valence-electron chi connectivity index (χ2n) is 8.78. The number of fused-ring (bicyclic) bond motifs is 2. The molecular formula is C25H30Cl2N4O2S. The van der Waals surface area contributed by atoms with Crippen LogP contribution in [0.1, 0.15) is 38.8 Å². The maximum atomic E-state index is 6.17. The van der Waals surface area contributed by atoms with Gasteiger partial charge in [-0.2, -0.15) is 4.98 Å². The lowest BCUT2D eigenvalue weighted by molar-refractivity contribution is 0.368. The normalized spacial score (nSPS) is 16.3. The Morgan fingerprint density at radius 2 is 1.74 bits per heavy atom. The first-order valence-electron chi connectivity index (χ1n) is 11.7. The minimum Gasteiger partial charge on any atom is -0.429 e. The highest BCUT2D eigenvalue weighted by Gasteiger charge is 2.28. The summed E-state index contributed by atoms with van der Waals surface area (Å²) >= 11 is 17.0. The molecule has 3 heterocycles. The molecule has 1 saturated heterocycles. The number of hydrogen-bond donors (Lipinski definition) is 2. The molecule has 2 N–H and O–H groups in total. The van der Waals surface area contributed by atoms with Crippen LogP contribution in [0.2, 0.25) is 10.0 Å². The Balaban J connectivity index is 0.000000180. The smallest absolute Gasteiger partial charge is 0.298 e. The molecule has 0 radical (unpaired) electrons. The number of hydrogen-bond acceptors (Lipinski definition) is 6. The molecule has 34 heavy (non-hydrogen) atoms. The van der Waals surface area contributed by atoms with Gasteiger partial charge in [0.05, 0.1) is 5.52 Å². The fraction of sp³-hybridized carbons (Fsp3) is 0.440. The van der Waals surface area contributed by atoms with Crippen molar-refractivity contribution in [2.45, 2.75) is 46.6 Å². The molecule has 9 heteroatoms. The topological polar surface area (TPSA) is 70.2 Å². The Bertz CT molecular complexity index is 1340. The third-order valence-corrected chi connectivity index (χ3v) is 6.76. The summed E-state index contributed by atoms with van der Waals surface area (Å²) in [5.74, 6) is 0.544.